The van der Waals surface area contributed by atoms with E-state index in [0.29, 0.717) is 6.41 Å². The van der Waals surface area contributed by atoms with Gasteiger partial charge in [-0.1, -0.05) is 37.0 Å². The fraction of sp³-hybridized carbons (Fsp3) is 0.125. The lowest BCUT2D eigenvalue weighted by molar-refractivity contribution is -0.105. The van der Waals surface area contributed by atoms with Gasteiger partial charge in [-0.2, -0.15) is 5.10 Å². The Kier molecular flexibility index (Phi) is 7.20. The lowest BCUT2D eigenvalue weighted by Gasteiger charge is -2.06. The number of nitrogens with one attached hydrogen (secondary N) is 2. The summed E-state index contributed by atoms with van der Waals surface area (Å²) in [5, 5.41) is 6.74. The number of amides is 1. The van der Waals surface area contributed by atoms with Crippen LogP contribution in [0.2, 0.25) is 0 Å². The first-order valence-corrected chi connectivity index (χ1v) is 6.30. The van der Waals surface area contributed by atoms with Crippen molar-refractivity contribution in [3.05, 3.63) is 60.7 Å². The van der Waals surface area contributed by atoms with E-state index in [0.717, 1.165) is 23.4 Å². The molecule has 0 heterocycles. The molecule has 20 heavy (non-hydrogen) atoms. The van der Waals surface area contributed by atoms with Gasteiger partial charge in [-0.15, -0.1) is 0 Å². The van der Waals surface area contributed by atoms with Gasteiger partial charge in [0.25, 0.3) is 0 Å². The Hall–Kier alpha value is -2.62. The highest BCUT2D eigenvalue weighted by Crippen LogP contribution is 2.19. The number of hydrogen-bond acceptors (Lipinski definition) is 3. The third kappa shape index (κ3) is 5.82. The van der Waals surface area contributed by atoms with Crippen LogP contribution < -0.4 is 10.7 Å². The van der Waals surface area contributed by atoms with Crippen molar-refractivity contribution in [1.29, 1.82) is 0 Å². The Bertz CT molecular complexity index is 531. The second kappa shape index (κ2) is 9.33. The van der Waals surface area contributed by atoms with Crippen molar-refractivity contribution in [1.82, 2.24) is 0 Å². The zero-order chi connectivity index (χ0) is 14.6. The number of allylic oxidation sites excluding steroid dienone is 5. The number of benzene rings is 1. The third-order valence-electron chi connectivity index (χ3n) is 2.46. The molecule has 0 saturated carbocycles. The summed E-state index contributed by atoms with van der Waals surface area (Å²) in [5.41, 5.74) is 5.66. The SMILES string of the molecule is C=C/C=C\C=C/C/C=N/Nc1ccc(NC=O)cc1C. The van der Waals surface area contributed by atoms with E-state index in [9.17, 15) is 4.79 Å². The summed E-state index contributed by atoms with van der Waals surface area (Å²) < 4.78 is 0. The quantitative estimate of drug-likeness (QED) is 0.327. The van der Waals surface area contributed by atoms with E-state index in [1.165, 1.54) is 0 Å². The van der Waals surface area contributed by atoms with Gasteiger partial charge in [0.2, 0.25) is 6.41 Å². The Morgan fingerprint density at radius 3 is 2.85 bits per heavy atom. The van der Waals surface area contributed by atoms with Gasteiger partial charge in [0, 0.05) is 18.3 Å². The first-order chi connectivity index (χ1) is 9.77. The number of hydrogen-bond donors (Lipinski definition) is 2. The van der Waals surface area contributed by atoms with Crippen LogP contribution in [-0.2, 0) is 4.79 Å². The fourth-order valence-electron chi connectivity index (χ4n) is 1.48. The van der Waals surface area contributed by atoms with Gasteiger partial charge in [0.1, 0.15) is 0 Å². The average molecular weight is 269 g/mol. The second-order valence-corrected chi connectivity index (χ2v) is 4.00. The molecule has 1 amide bonds. The second-order valence-electron chi connectivity index (χ2n) is 4.00. The Morgan fingerprint density at radius 1 is 1.30 bits per heavy atom. The Balaban J connectivity index is 2.45. The summed E-state index contributed by atoms with van der Waals surface area (Å²) >= 11 is 0. The van der Waals surface area contributed by atoms with Crippen molar-refractivity contribution in [3.63, 3.8) is 0 Å². The van der Waals surface area contributed by atoms with E-state index in [4.69, 9.17) is 0 Å². The van der Waals surface area contributed by atoms with Crippen molar-refractivity contribution < 1.29 is 4.79 Å². The van der Waals surface area contributed by atoms with Gasteiger partial charge < -0.3 is 5.32 Å². The van der Waals surface area contributed by atoms with Crippen LogP contribution in [0.3, 0.4) is 0 Å². The average Bonchev–Trinajstić information content (AvgIpc) is 2.44. The predicted octanol–water partition coefficient (Wildman–Crippen LogP) is 3.65. The molecule has 104 valence electrons. The predicted molar refractivity (Wildman–Crippen MR) is 86.1 cm³/mol. The van der Waals surface area contributed by atoms with Crippen LogP contribution in [0.4, 0.5) is 11.4 Å². The van der Waals surface area contributed by atoms with Gasteiger partial charge >= 0.3 is 0 Å². The highest BCUT2D eigenvalue weighted by molar-refractivity contribution is 5.73. The van der Waals surface area contributed by atoms with Gasteiger partial charge in [-0.3, -0.25) is 10.2 Å². The number of anilines is 2. The van der Waals surface area contributed by atoms with Crippen LogP contribution in [0.1, 0.15) is 12.0 Å². The van der Waals surface area contributed by atoms with Crippen molar-refractivity contribution in [2.45, 2.75) is 13.3 Å². The monoisotopic (exact) mass is 269 g/mol. The van der Waals surface area contributed by atoms with Crippen LogP contribution in [-0.4, -0.2) is 12.6 Å². The summed E-state index contributed by atoms with van der Waals surface area (Å²) in [6.45, 7) is 5.54. The number of nitrogens with zero attached hydrogens (tertiary/aromatic N) is 1. The van der Waals surface area contributed by atoms with Gasteiger partial charge in [0.05, 0.1) is 5.69 Å². The molecular formula is C16H19N3O. The van der Waals surface area contributed by atoms with E-state index in [1.807, 2.05) is 49.4 Å². The molecule has 0 aliphatic rings. The number of rotatable bonds is 8. The van der Waals surface area contributed by atoms with Crippen molar-refractivity contribution in [2.24, 2.45) is 5.10 Å². The molecule has 4 nitrogen and oxygen atoms in total. The molecule has 0 fully saturated rings. The molecule has 0 aliphatic heterocycles. The Labute approximate surface area is 119 Å². The Morgan fingerprint density at radius 2 is 2.15 bits per heavy atom. The van der Waals surface area contributed by atoms with E-state index in [-0.39, 0.29) is 0 Å². The van der Waals surface area contributed by atoms with Crippen LogP contribution >= 0.6 is 0 Å². The largest absolute Gasteiger partial charge is 0.329 e. The first kappa shape index (κ1) is 15.4. The van der Waals surface area contributed by atoms with Crippen LogP contribution in [0.5, 0.6) is 0 Å². The molecule has 0 radical (unpaired) electrons. The van der Waals surface area contributed by atoms with E-state index >= 15 is 0 Å². The van der Waals surface area contributed by atoms with E-state index in [1.54, 1.807) is 12.3 Å². The molecule has 1 aromatic rings. The van der Waals surface area contributed by atoms with Crippen LogP contribution in [0.25, 0.3) is 0 Å². The van der Waals surface area contributed by atoms with Gasteiger partial charge in [0.15, 0.2) is 0 Å². The van der Waals surface area contributed by atoms with Gasteiger partial charge in [-0.25, -0.2) is 0 Å². The maximum atomic E-state index is 10.3. The minimum atomic E-state index is 0.660. The number of carbonyl (C=O) groups is 1. The smallest absolute Gasteiger partial charge is 0.211 e. The van der Waals surface area contributed by atoms with Crippen molar-refractivity contribution >= 4 is 24.0 Å². The highest BCUT2D eigenvalue weighted by atomic mass is 16.1. The number of carbonyl (C=O) groups excluding carboxylic acids is 1. The van der Waals surface area contributed by atoms with Crippen LogP contribution in [0.15, 0.2) is 60.3 Å². The minimum Gasteiger partial charge on any atom is -0.329 e. The normalized spacial score (nSPS) is 11.2. The molecule has 2 N–H and O–H groups in total. The third-order valence-corrected chi connectivity index (χ3v) is 2.46. The molecular weight excluding hydrogens is 250 g/mol. The van der Waals surface area contributed by atoms with E-state index < -0.39 is 0 Å². The molecule has 4 heteroatoms. The molecule has 0 unspecified atom stereocenters. The highest BCUT2D eigenvalue weighted by Gasteiger charge is 1.97. The molecule has 1 aromatic carbocycles. The standard InChI is InChI=1S/C16H19N3O/c1-3-4-5-6-7-8-11-18-19-16-10-9-15(17-13-20)12-14(16)2/h3-7,9-13,19H,1,8H2,2H3,(H,17,20)/b5-4-,7-6-,18-11+. The molecule has 0 saturated heterocycles. The topological polar surface area (TPSA) is 53.5 Å². The molecule has 1 rings (SSSR count). The molecule has 0 bridgehead atoms. The van der Waals surface area contributed by atoms with Crippen LogP contribution in [0, 0.1) is 6.92 Å². The summed E-state index contributed by atoms with van der Waals surface area (Å²) in [6, 6.07) is 5.58. The zero-order valence-corrected chi connectivity index (χ0v) is 11.5. The summed E-state index contributed by atoms with van der Waals surface area (Å²) in [5.74, 6) is 0. The molecule has 0 aromatic heterocycles. The van der Waals surface area contributed by atoms with E-state index in [2.05, 4.69) is 22.4 Å². The number of aryl methyl sites for hydroxylation is 1. The molecule has 0 spiro atoms. The summed E-state index contributed by atoms with van der Waals surface area (Å²) in [7, 11) is 0. The summed E-state index contributed by atoms with van der Waals surface area (Å²) in [4.78, 5) is 10.3. The van der Waals surface area contributed by atoms with Gasteiger partial charge in [-0.05, 0) is 30.7 Å². The lowest BCUT2D eigenvalue weighted by Crippen LogP contribution is -1.96. The zero-order valence-electron chi connectivity index (χ0n) is 11.5. The molecule has 0 atom stereocenters. The maximum Gasteiger partial charge on any atom is 0.211 e. The molecule has 0 aliphatic carbocycles. The minimum absolute atomic E-state index is 0.660. The summed E-state index contributed by atoms with van der Waals surface area (Å²) in [6.07, 6.45) is 12.6. The first-order valence-electron chi connectivity index (χ1n) is 6.30. The fourth-order valence-corrected chi connectivity index (χ4v) is 1.48. The van der Waals surface area contributed by atoms with Crippen molar-refractivity contribution in [2.75, 3.05) is 10.7 Å². The maximum absolute atomic E-state index is 10.3. The van der Waals surface area contributed by atoms with Crippen molar-refractivity contribution in [3.8, 4) is 0 Å². The lowest BCUT2D eigenvalue weighted by atomic mass is 10.2. The number of hydrazone groups is 1.